The number of nitrogens with zero attached hydrogens (tertiary/aromatic N) is 6. The van der Waals surface area contributed by atoms with E-state index in [1.807, 2.05) is 50.9 Å². The van der Waals surface area contributed by atoms with Gasteiger partial charge in [-0.05, 0) is 89.0 Å². The monoisotopic (exact) mass is 805 g/mol. The summed E-state index contributed by atoms with van der Waals surface area (Å²) in [6.45, 7) is 12.0. The van der Waals surface area contributed by atoms with Crippen molar-refractivity contribution in [2.24, 2.45) is 0 Å². The molecule has 6 rings (SSSR count). The molecule has 0 spiro atoms. The van der Waals surface area contributed by atoms with E-state index in [1.54, 1.807) is 16.7 Å². The zero-order valence-corrected chi connectivity index (χ0v) is 33.1. The zero-order valence-electron chi connectivity index (χ0n) is 33.1. The Bertz CT molecular complexity index is 2110. The summed E-state index contributed by atoms with van der Waals surface area (Å²) in [5, 5.41) is 8.17. The average molecular weight is 806 g/mol. The van der Waals surface area contributed by atoms with Gasteiger partial charge in [-0.25, -0.2) is 9.97 Å². The van der Waals surface area contributed by atoms with E-state index in [2.05, 4.69) is 36.8 Å². The fourth-order valence-electron chi connectivity index (χ4n) is 7.39. The number of aromatic nitrogens is 3. The minimum Gasteiger partial charge on any atom is -0.489 e. The maximum absolute atomic E-state index is 13.4. The van der Waals surface area contributed by atoms with Gasteiger partial charge in [0.1, 0.15) is 34.5 Å². The Morgan fingerprint density at radius 1 is 0.966 bits per heavy atom. The quantitative estimate of drug-likeness (QED) is 0.140. The molecule has 2 aliphatic heterocycles. The van der Waals surface area contributed by atoms with Gasteiger partial charge in [0.05, 0.1) is 18.3 Å². The third kappa shape index (κ3) is 10.2. The normalized spacial score (nSPS) is 16.0. The lowest BCUT2D eigenvalue weighted by molar-refractivity contribution is -0.141. The van der Waals surface area contributed by atoms with Crippen molar-refractivity contribution in [3.8, 4) is 5.75 Å². The summed E-state index contributed by atoms with van der Waals surface area (Å²) in [6, 6.07) is 10.4. The second-order valence-electron chi connectivity index (χ2n) is 15.0. The minimum atomic E-state index is -4.69. The number of imidazole rings is 1. The second-order valence-corrected chi connectivity index (χ2v) is 15.0. The summed E-state index contributed by atoms with van der Waals surface area (Å²) in [5.74, 6) is -0.584. The number of carbonyl (C=O) groups excluding carboxylic acids is 4. The lowest BCUT2D eigenvalue weighted by atomic mass is 9.94. The van der Waals surface area contributed by atoms with Gasteiger partial charge in [-0.2, -0.15) is 13.2 Å². The molecular weight excluding hydrogens is 756 g/mol. The van der Waals surface area contributed by atoms with E-state index in [0.29, 0.717) is 57.0 Å². The molecule has 2 fully saturated rings. The maximum Gasteiger partial charge on any atom is 0.433 e. The molecule has 2 aliphatic rings. The molecule has 4 aromatic rings. The van der Waals surface area contributed by atoms with Gasteiger partial charge in [0, 0.05) is 61.9 Å². The predicted molar refractivity (Wildman–Crippen MR) is 213 cm³/mol. The molecule has 3 aromatic heterocycles. The second kappa shape index (κ2) is 18.3. The predicted octanol–water partition coefficient (Wildman–Crippen LogP) is 5.48. The number of halogens is 3. The first-order valence-corrected chi connectivity index (χ1v) is 19.6. The fraction of sp³-hybridized carbons (Fsp3) is 0.463. The number of aryl methyl sites for hydroxylation is 1. The van der Waals surface area contributed by atoms with Crippen molar-refractivity contribution in [2.75, 3.05) is 61.3 Å². The Hall–Kier alpha value is -5.71. The van der Waals surface area contributed by atoms with Crippen molar-refractivity contribution in [3.05, 3.63) is 77.5 Å². The van der Waals surface area contributed by atoms with Crippen molar-refractivity contribution in [3.63, 3.8) is 0 Å². The van der Waals surface area contributed by atoms with Crippen LogP contribution in [0.25, 0.3) is 5.65 Å². The highest BCUT2D eigenvalue weighted by molar-refractivity contribution is 6.03. The minimum absolute atomic E-state index is 0.102. The number of alkyl halides is 3. The number of fused-ring (bicyclic) bond motifs is 1. The Kier molecular flexibility index (Phi) is 13.2. The number of ether oxygens (including phenoxy) is 1. The smallest absolute Gasteiger partial charge is 0.433 e. The molecular formula is C41H50F3N9O5. The van der Waals surface area contributed by atoms with Crippen LogP contribution in [-0.2, 0) is 20.6 Å². The number of likely N-dealkylation sites (tertiary alicyclic amines) is 1. The van der Waals surface area contributed by atoms with Gasteiger partial charge in [-0.15, -0.1) is 0 Å². The molecule has 2 saturated heterocycles. The summed E-state index contributed by atoms with van der Waals surface area (Å²) < 4.78 is 47.4. The number of hydrogen-bond donors (Lipinski definition) is 3. The lowest BCUT2D eigenvalue weighted by Crippen LogP contribution is -2.52. The van der Waals surface area contributed by atoms with Crippen LogP contribution in [0.4, 0.5) is 30.2 Å². The summed E-state index contributed by atoms with van der Waals surface area (Å²) in [7, 11) is 0. The summed E-state index contributed by atoms with van der Waals surface area (Å²) in [5.41, 5.74) is 3.06. The van der Waals surface area contributed by atoms with Gasteiger partial charge in [0.2, 0.25) is 18.2 Å². The third-order valence-electron chi connectivity index (χ3n) is 10.5. The van der Waals surface area contributed by atoms with Gasteiger partial charge in [-0.3, -0.25) is 29.4 Å². The number of piperazine rings is 1. The standard InChI is InChI=1S/C41H50F3N9O5/c1-5-7-31(39(56)45-25-54)46-30-11-10-29(20-27(30)4)51-16-18-52(19-17-51)38(55)24-50-14-12-28(13-15-50)33-22-53-23-34(35(58-26(2)3)21-37(53)48-33)49-40(57)32-8-6-9-36(47-32)41(42,43)44/h6,8-11,20-23,25-26,28,31,46H,5,7,12-19,24H2,1-4H3,(H,49,57)(H,45,54,56). The highest BCUT2D eigenvalue weighted by Gasteiger charge is 2.33. The van der Waals surface area contributed by atoms with Gasteiger partial charge in [0.15, 0.2) is 0 Å². The van der Waals surface area contributed by atoms with Crippen molar-refractivity contribution in [1.29, 1.82) is 0 Å². The van der Waals surface area contributed by atoms with Gasteiger partial charge in [-0.1, -0.05) is 19.4 Å². The summed E-state index contributed by atoms with van der Waals surface area (Å²) >= 11 is 0. The molecule has 0 bridgehead atoms. The van der Waals surface area contributed by atoms with E-state index in [1.165, 1.54) is 6.07 Å². The number of carbonyl (C=O) groups is 4. The molecule has 310 valence electrons. The SMILES string of the molecule is CCCC(Nc1ccc(N2CCN(C(=O)CN3CCC(c4cn5cc(NC(=O)c6cccc(C(F)(F)F)n6)c(OC(C)C)cc5n4)CC3)CC2)cc1C)C(=O)NC=O. The van der Waals surface area contributed by atoms with E-state index in [4.69, 9.17) is 9.72 Å². The Morgan fingerprint density at radius 3 is 2.36 bits per heavy atom. The molecule has 17 heteroatoms. The Morgan fingerprint density at radius 2 is 1.71 bits per heavy atom. The highest BCUT2D eigenvalue weighted by atomic mass is 19.4. The molecule has 14 nitrogen and oxygen atoms in total. The first-order valence-electron chi connectivity index (χ1n) is 19.6. The van der Waals surface area contributed by atoms with E-state index >= 15 is 0 Å². The van der Waals surface area contributed by atoms with Gasteiger partial charge >= 0.3 is 6.18 Å². The Balaban J connectivity index is 1.01. The molecule has 1 aromatic carbocycles. The van der Waals surface area contributed by atoms with Crippen LogP contribution in [0.15, 0.2) is 54.9 Å². The zero-order chi connectivity index (χ0) is 41.6. The first-order chi connectivity index (χ1) is 27.7. The van der Waals surface area contributed by atoms with E-state index in [-0.39, 0.29) is 35.2 Å². The summed E-state index contributed by atoms with van der Waals surface area (Å²) in [4.78, 5) is 64.3. The van der Waals surface area contributed by atoms with Crippen LogP contribution in [-0.4, -0.2) is 106 Å². The van der Waals surface area contributed by atoms with E-state index < -0.39 is 23.8 Å². The molecule has 0 saturated carbocycles. The number of anilines is 3. The molecule has 3 N–H and O–H groups in total. The third-order valence-corrected chi connectivity index (χ3v) is 10.5. The number of amides is 4. The molecule has 0 aliphatic carbocycles. The number of benzene rings is 1. The van der Waals surface area contributed by atoms with E-state index in [0.717, 1.165) is 67.1 Å². The van der Waals surface area contributed by atoms with Crippen molar-refractivity contribution in [1.82, 2.24) is 29.5 Å². The van der Waals surface area contributed by atoms with Crippen molar-refractivity contribution < 1.29 is 37.1 Å². The van der Waals surface area contributed by atoms with Crippen LogP contribution in [0.5, 0.6) is 5.75 Å². The van der Waals surface area contributed by atoms with Crippen LogP contribution in [0.1, 0.15) is 79.8 Å². The Labute approximate surface area is 335 Å². The highest BCUT2D eigenvalue weighted by Crippen LogP contribution is 2.33. The number of imide groups is 1. The van der Waals surface area contributed by atoms with Crippen LogP contribution in [0.2, 0.25) is 0 Å². The fourth-order valence-corrected chi connectivity index (χ4v) is 7.39. The van der Waals surface area contributed by atoms with Gasteiger partial charge in [0.25, 0.3) is 5.91 Å². The largest absolute Gasteiger partial charge is 0.489 e. The number of nitrogens with one attached hydrogen (secondary N) is 3. The molecule has 5 heterocycles. The van der Waals surface area contributed by atoms with Crippen LogP contribution in [0, 0.1) is 6.92 Å². The molecule has 4 amide bonds. The maximum atomic E-state index is 13.4. The van der Waals surface area contributed by atoms with Crippen LogP contribution >= 0.6 is 0 Å². The first kappa shape index (κ1) is 41.9. The van der Waals surface area contributed by atoms with E-state index in [9.17, 15) is 32.3 Å². The van der Waals surface area contributed by atoms with Crippen molar-refractivity contribution >= 4 is 46.8 Å². The number of rotatable bonds is 14. The molecule has 1 unspecified atom stereocenters. The number of hydrogen-bond acceptors (Lipinski definition) is 10. The topological polar surface area (TPSA) is 154 Å². The van der Waals surface area contributed by atoms with Crippen molar-refractivity contribution in [2.45, 2.75) is 77.6 Å². The van der Waals surface area contributed by atoms with Gasteiger partial charge < -0.3 is 29.6 Å². The number of pyridine rings is 2. The number of piperidine rings is 1. The molecule has 58 heavy (non-hydrogen) atoms. The lowest BCUT2D eigenvalue weighted by Gasteiger charge is -2.38. The molecule has 0 radical (unpaired) electrons. The van der Waals surface area contributed by atoms with Crippen LogP contribution < -0.4 is 25.6 Å². The average Bonchev–Trinajstić information content (AvgIpc) is 3.61. The van der Waals surface area contributed by atoms with Crippen LogP contribution in [0.3, 0.4) is 0 Å². The summed E-state index contributed by atoms with van der Waals surface area (Å²) in [6.07, 6.45) is 1.98. The molecule has 1 atom stereocenters.